The van der Waals surface area contributed by atoms with E-state index in [0.29, 0.717) is 19.4 Å². The third kappa shape index (κ3) is 4.32. The molecule has 0 bridgehead atoms. The van der Waals surface area contributed by atoms with Gasteiger partial charge < -0.3 is 5.73 Å². The highest BCUT2D eigenvalue weighted by Gasteiger charge is 2.25. The van der Waals surface area contributed by atoms with Gasteiger partial charge in [-0.05, 0) is 30.5 Å². The van der Waals surface area contributed by atoms with Crippen LogP contribution in [0.2, 0.25) is 0 Å². The molecule has 0 aliphatic carbocycles. The predicted molar refractivity (Wildman–Crippen MR) is 75.7 cm³/mol. The molecule has 1 rings (SSSR count). The van der Waals surface area contributed by atoms with Crippen LogP contribution >= 0.6 is 12.2 Å². The van der Waals surface area contributed by atoms with Gasteiger partial charge in [0.05, 0.1) is 4.99 Å². The largest absolute Gasteiger partial charge is 0.392 e. The first-order valence-electron chi connectivity index (χ1n) is 5.64. The zero-order valence-corrected chi connectivity index (χ0v) is 11.8. The Bertz CT molecular complexity index is 488. The first-order valence-corrected chi connectivity index (χ1v) is 7.59. The number of hydrogen-bond acceptors (Lipinski definition) is 4. The first kappa shape index (κ1) is 15.0. The highest BCUT2D eigenvalue weighted by molar-refractivity contribution is 7.93. The molecule has 0 aliphatic heterocycles. The minimum absolute atomic E-state index is 0.00825. The molecule has 0 spiro atoms. The normalized spacial score (nSPS) is 13.2. The molecule has 1 atom stereocenters. The van der Waals surface area contributed by atoms with Crippen LogP contribution < -0.4 is 10.5 Å². The molecule has 0 aliphatic rings. The molecule has 0 saturated carbocycles. The van der Waals surface area contributed by atoms with E-state index in [4.69, 9.17) is 18.0 Å². The van der Waals surface area contributed by atoms with Crippen LogP contribution in [0.4, 0.5) is 0 Å². The maximum Gasteiger partial charge on any atom is 0.221 e. The van der Waals surface area contributed by atoms with Crippen LogP contribution in [-0.4, -0.2) is 30.2 Å². The van der Waals surface area contributed by atoms with E-state index in [-0.39, 0.29) is 4.99 Å². The number of aromatic nitrogens is 1. The maximum atomic E-state index is 11.9. The van der Waals surface area contributed by atoms with Gasteiger partial charge in [0.1, 0.15) is 5.25 Å². The molecule has 1 unspecified atom stereocenters. The Morgan fingerprint density at radius 2 is 2.11 bits per heavy atom. The highest BCUT2D eigenvalue weighted by atomic mass is 32.2. The molecule has 0 amide bonds. The van der Waals surface area contributed by atoms with Crippen molar-refractivity contribution in [3.63, 3.8) is 0 Å². The Hall–Kier alpha value is -1.05. The third-order valence-electron chi connectivity index (χ3n) is 2.53. The van der Waals surface area contributed by atoms with Gasteiger partial charge in [-0.2, -0.15) is 0 Å². The molecule has 1 heterocycles. The number of hydrogen-bond donors (Lipinski definition) is 2. The molecule has 0 fully saturated rings. The summed E-state index contributed by atoms with van der Waals surface area (Å²) in [7, 11) is -3.47. The highest BCUT2D eigenvalue weighted by Crippen LogP contribution is 2.05. The zero-order valence-electron chi connectivity index (χ0n) is 10.2. The fraction of sp³-hybridized carbons (Fsp3) is 0.455. The van der Waals surface area contributed by atoms with Crippen molar-refractivity contribution in [2.75, 3.05) is 6.54 Å². The van der Waals surface area contributed by atoms with Crippen molar-refractivity contribution in [2.24, 2.45) is 5.73 Å². The Morgan fingerprint density at radius 3 is 2.61 bits per heavy atom. The van der Waals surface area contributed by atoms with Crippen molar-refractivity contribution in [1.82, 2.24) is 9.71 Å². The molecule has 100 valence electrons. The van der Waals surface area contributed by atoms with E-state index < -0.39 is 15.3 Å². The third-order valence-corrected chi connectivity index (χ3v) is 4.91. The SMILES string of the molecule is CCC(C(N)=S)S(=O)(=O)NCCc1ccncc1. The molecule has 5 nitrogen and oxygen atoms in total. The van der Waals surface area contributed by atoms with Crippen LogP contribution in [0.1, 0.15) is 18.9 Å². The molecule has 18 heavy (non-hydrogen) atoms. The van der Waals surface area contributed by atoms with E-state index in [1.165, 1.54) is 0 Å². The summed E-state index contributed by atoms with van der Waals surface area (Å²) in [5.74, 6) is 0. The van der Waals surface area contributed by atoms with Gasteiger partial charge in [-0.25, -0.2) is 13.1 Å². The summed E-state index contributed by atoms with van der Waals surface area (Å²) in [4.78, 5) is 3.90. The first-order chi connectivity index (χ1) is 8.47. The summed E-state index contributed by atoms with van der Waals surface area (Å²) in [5, 5.41) is -0.801. The second kappa shape index (κ2) is 6.77. The van der Waals surface area contributed by atoms with Gasteiger partial charge in [0.2, 0.25) is 10.0 Å². The van der Waals surface area contributed by atoms with E-state index in [1.54, 1.807) is 19.3 Å². The summed E-state index contributed by atoms with van der Waals surface area (Å²) in [6.07, 6.45) is 4.33. The van der Waals surface area contributed by atoms with Crippen molar-refractivity contribution < 1.29 is 8.42 Å². The Labute approximate surface area is 113 Å². The van der Waals surface area contributed by atoms with Gasteiger partial charge in [0, 0.05) is 18.9 Å². The van der Waals surface area contributed by atoms with Crippen LogP contribution in [0.15, 0.2) is 24.5 Å². The number of sulfonamides is 1. The van der Waals surface area contributed by atoms with E-state index in [9.17, 15) is 8.42 Å². The average Bonchev–Trinajstić information content (AvgIpc) is 2.30. The van der Waals surface area contributed by atoms with Gasteiger partial charge in [-0.3, -0.25) is 4.98 Å². The fourth-order valence-electron chi connectivity index (χ4n) is 1.56. The number of nitrogens with zero attached hydrogens (tertiary/aromatic N) is 1. The quantitative estimate of drug-likeness (QED) is 0.718. The minimum Gasteiger partial charge on any atom is -0.392 e. The van der Waals surface area contributed by atoms with Gasteiger partial charge in [0.25, 0.3) is 0 Å². The van der Waals surface area contributed by atoms with Crippen molar-refractivity contribution in [2.45, 2.75) is 25.0 Å². The van der Waals surface area contributed by atoms with Crippen LogP contribution in [0.3, 0.4) is 0 Å². The lowest BCUT2D eigenvalue weighted by molar-refractivity contribution is 0.574. The average molecular weight is 287 g/mol. The van der Waals surface area contributed by atoms with Gasteiger partial charge >= 0.3 is 0 Å². The smallest absolute Gasteiger partial charge is 0.221 e. The second-order valence-corrected chi connectivity index (χ2v) is 6.26. The Balaban J connectivity index is 2.55. The number of nitrogens with one attached hydrogen (secondary N) is 1. The predicted octanol–water partition coefficient (Wildman–Crippen LogP) is 0.608. The second-order valence-electron chi connectivity index (χ2n) is 3.84. The van der Waals surface area contributed by atoms with Crippen molar-refractivity contribution in [3.05, 3.63) is 30.1 Å². The summed E-state index contributed by atoms with van der Waals surface area (Å²) in [6, 6.07) is 3.69. The Morgan fingerprint density at radius 1 is 1.50 bits per heavy atom. The van der Waals surface area contributed by atoms with E-state index in [0.717, 1.165) is 5.56 Å². The van der Waals surface area contributed by atoms with Crippen molar-refractivity contribution >= 4 is 27.2 Å². The fourth-order valence-corrected chi connectivity index (χ4v) is 3.44. The van der Waals surface area contributed by atoms with Gasteiger partial charge in [-0.1, -0.05) is 19.1 Å². The number of nitrogens with two attached hydrogens (primary N) is 1. The maximum absolute atomic E-state index is 11.9. The monoisotopic (exact) mass is 287 g/mol. The summed E-state index contributed by atoms with van der Waals surface area (Å²) in [5.41, 5.74) is 6.44. The number of rotatable bonds is 7. The topological polar surface area (TPSA) is 85.1 Å². The lowest BCUT2D eigenvalue weighted by Gasteiger charge is -2.15. The molecule has 1 aromatic heterocycles. The molecule has 1 aromatic rings. The standard InChI is InChI=1S/C11H17N3O2S2/c1-2-10(11(12)17)18(15,16)14-8-5-9-3-6-13-7-4-9/h3-4,6-7,10,14H,2,5,8H2,1H3,(H2,12,17). The Kier molecular flexibility index (Phi) is 5.64. The van der Waals surface area contributed by atoms with Crippen LogP contribution in [0, 0.1) is 0 Å². The zero-order chi connectivity index (χ0) is 13.6. The van der Waals surface area contributed by atoms with Crippen LogP contribution in [0.5, 0.6) is 0 Å². The summed E-state index contributed by atoms with van der Waals surface area (Å²) in [6.45, 7) is 2.07. The molecule has 3 N–H and O–H groups in total. The number of pyridine rings is 1. The van der Waals surface area contributed by atoms with E-state index in [2.05, 4.69) is 9.71 Å². The molecule has 0 radical (unpaired) electrons. The molecular weight excluding hydrogens is 270 g/mol. The molecule has 0 aromatic carbocycles. The minimum atomic E-state index is -3.47. The molecular formula is C11H17N3O2S2. The molecule has 7 heteroatoms. The van der Waals surface area contributed by atoms with Crippen LogP contribution in [-0.2, 0) is 16.4 Å². The summed E-state index contributed by atoms with van der Waals surface area (Å²) >= 11 is 4.76. The van der Waals surface area contributed by atoms with E-state index >= 15 is 0 Å². The van der Waals surface area contributed by atoms with Gasteiger partial charge in [0.15, 0.2) is 0 Å². The lowest BCUT2D eigenvalue weighted by Crippen LogP contribution is -2.42. The molecule has 0 saturated heterocycles. The lowest BCUT2D eigenvalue weighted by atomic mass is 10.2. The van der Waals surface area contributed by atoms with Crippen molar-refractivity contribution in [3.8, 4) is 0 Å². The number of thiocarbonyl (C=S) groups is 1. The van der Waals surface area contributed by atoms with Crippen LogP contribution in [0.25, 0.3) is 0 Å². The van der Waals surface area contributed by atoms with E-state index in [1.807, 2.05) is 12.1 Å². The summed E-state index contributed by atoms with van der Waals surface area (Å²) < 4.78 is 26.3. The van der Waals surface area contributed by atoms with Crippen molar-refractivity contribution in [1.29, 1.82) is 0 Å². The van der Waals surface area contributed by atoms with Gasteiger partial charge in [-0.15, -0.1) is 0 Å².